The standard InChI is InChI=1S/C9H10BrN5S/c1-15(2)9-13-7(12-8(11)14-9)6-5(10)3-4-16-6/h3-4H,1-2H3,(H2,11,12,13,14). The van der Waals surface area contributed by atoms with Crippen LogP contribution in [0.1, 0.15) is 0 Å². The Bertz CT molecular complexity index is 510. The lowest BCUT2D eigenvalue weighted by Crippen LogP contribution is -2.15. The van der Waals surface area contributed by atoms with E-state index in [-0.39, 0.29) is 5.95 Å². The van der Waals surface area contributed by atoms with Gasteiger partial charge in [0.25, 0.3) is 0 Å². The van der Waals surface area contributed by atoms with Crippen molar-refractivity contribution < 1.29 is 0 Å². The van der Waals surface area contributed by atoms with Gasteiger partial charge in [0, 0.05) is 18.6 Å². The van der Waals surface area contributed by atoms with Crippen molar-refractivity contribution >= 4 is 39.2 Å². The van der Waals surface area contributed by atoms with Gasteiger partial charge in [0.2, 0.25) is 11.9 Å². The summed E-state index contributed by atoms with van der Waals surface area (Å²) in [4.78, 5) is 15.3. The molecule has 0 aromatic carbocycles. The number of hydrogen-bond acceptors (Lipinski definition) is 6. The Morgan fingerprint density at radius 1 is 1.31 bits per heavy atom. The number of anilines is 2. The summed E-state index contributed by atoms with van der Waals surface area (Å²) in [6.07, 6.45) is 0. The Morgan fingerprint density at radius 2 is 2.06 bits per heavy atom. The molecule has 0 atom stereocenters. The fourth-order valence-electron chi connectivity index (χ4n) is 1.14. The van der Waals surface area contributed by atoms with E-state index in [1.165, 1.54) is 0 Å². The number of aromatic nitrogens is 3. The number of thiophene rings is 1. The fourth-order valence-corrected chi connectivity index (χ4v) is 2.62. The van der Waals surface area contributed by atoms with Crippen molar-refractivity contribution in [2.24, 2.45) is 0 Å². The van der Waals surface area contributed by atoms with Crippen molar-refractivity contribution in [3.8, 4) is 10.7 Å². The predicted octanol–water partition coefficient (Wildman–Crippen LogP) is 2.01. The molecule has 0 aliphatic heterocycles. The van der Waals surface area contributed by atoms with Crippen LogP contribution in [0.25, 0.3) is 10.7 Å². The number of hydrogen-bond donors (Lipinski definition) is 1. The molecule has 16 heavy (non-hydrogen) atoms. The molecule has 0 saturated carbocycles. The minimum absolute atomic E-state index is 0.231. The summed E-state index contributed by atoms with van der Waals surface area (Å²) in [5.74, 6) is 1.38. The van der Waals surface area contributed by atoms with Crippen LogP contribution in [-0.4, -0.2) is 29.0 Å². The highest BCUT2D eigenvalue weighted by molar-refractivity contribution is 9.10. The van der Waals surface area contributed by atoms with Gasteiger partial charge >= 0.3 is 0 Å². The Morgan fingerprint density at radius 3 is 2.62 bits per heavy atom. The fraction of sp³-hybridized carbons (Fsp3) is 0.222. The normalized spacial score (nSPS) is 10.4. The summed E-state index contributed by atoms with van der Waals surface area (Å²) in [7, 11) is 3.73. The zero-order valence-corrected chi connectivity index (χ0v) is 11.2. The molecule has 0 amide bonds. The van der Waals surface area contributed by atoms with Crippen molar-refractivity contribution in [1.82, 2.24) is 15.0 Å². The smallest absolute Gasteiger partial charge is 0.230 e. The van der Waals surface area contributed by atoms with Gasteiger partial charge in [0.05, 0.1) is 4.88 Å². The lowest BCUT2D eigenvalue weighted by molar-refractivity contribution is 0.972. The van der Waals surface area contributed by atoms with Crippen LogP contribution in [0.15, 0.2) is 15.9 Å². The van der Waals surface area contributed by atoms with E-state index in [2.05, 4.69) is 30.9 Å². The molecular formula is C9H10BrN5S. The molecule has 0 spiro atoms. The van der Waals surface area contributed by atoms with Gasteiger partial charge in [-0.05, 0) is 27.4 Å². The number of rotatable bonds is 2. The van der Waals surface area contributed by atoms with Gasteiger partial charge < -0.3 is 10.6 Å². The maximum absolute atomic E-state index is 5.65. The number of nitrogens with two attached hydrogens (primary N) is 1. The molecule has 7 heteroatoms. The van der Waals surface area contributed by atoms with E-state index in [4.69, 9.17) is 5.73 Å². The van der Waals surface area contributed by atoms with Crippen molar-refractivity contribution in [3.63, 3.8) is 0 Å². The van der Waals surface area contributed by atoms with Crippen LogP contribution in [0, 0.1) is 0 Å². The first-order chi connectivity index (χ1) is 7.58. The summed E-state index contributed by atoms with van der Waals surface area (Å²) < 4.78 is 0.966. The molecule has 5 nitrogen and oxygen atoms in total. The Hall–Kier alpha value is -1.21. The summed E-state index contributed by atoms with van der Waals surface area (Å²) in [5, 5.41) is 1.97. The van der Waals surface area contributed by atoms with E-state index in [0.717, 1.165) is 9.35 Å². The van der Waals surface area contributed by atoms with Gasteiger partial charge in [-0.25, -0.2) is 0 Å². The molecule has 2 heterocycles. The van der Waals surface area contributed by atoms with Crippen molar-refractivity contribution in [3.05, 3.63) is 15.9 Å². The molecule has 0 aliphatic carbocycles. The van der Waals surface area contributed by atoms with Crippen LogP contribution in [0.4, 0.5) is 11.9 Å². The van der Waals surface area contributed by atoms with Crippen LogP contribution in [-0.2, 0) is 0 Å². The first kappa shape index (κ1) is 11.3. The van der Waals surface area contributed by atoms with Crippen molar-refractivity contribution in [1.29, 1.82) is 0 Å². The van der Waals surface area contributed by atoms with Gasteiger partial charge in [-0.15, -0.1) is 11.3 Å². The van der Waals surface area contributed by atoms with Crippen molar-refractivity contribution in [2.45, 2.75) is 0 Å². The monoisotopic (exact) mass is 299 g/mol. The summed E-state index contributed by atoms with van der Waals surface area (Å²) >= 11 is 5.00. The maximum Gasteiger partial charge on any atom is 0.230 e. The second-order valence-electron chi connectivity index (χ2n) is 3.31. The molecule has 0 bridgehead atoms. The van der Waals surface area contributed by atoms with Gasteiger partial charge in [-0.3, -0.25) is 0 Å². The van der Waals surface area contributed by atoms with E-state index in [0.29, 0.717) is 11.8 Å². The molecule has 0 saturated heterocycles. The summed E-state index contributed by atoms with van der Waals surface area (Å²) in [6.45, 7) is 0. The molecule has 2 aromatic heterocycles. The van der Waals surface area contributed by atoms with E-state index in [9.17, 15) is 0 Å². The maximum atomic E-state index is 5.65. The lowest BCUT2D eigenvalue weighted by Gasteiger charge is -2.10. The third-order valence-electron chi connectivity index (χ3n) is 1.86. The molecule has 2 aromatic rings. The average molecular weight is 300 g/mol. The second kappa shape index (κ2) is 4.34. The van der Waals surface area contributed by atoms with Crippen LogP contribution in [0.2, 0.25) is 0 Å². The highest BCUT2D eigenvalue weighted by Gasteiger charge is 2.11. The second-order valence-corrected chi connectivity index (χ2v) is 5.08. The third kappa shape index (κ3) is 2.14. The van der Waals surface area contributed by atoms with E-state index in [1.54, 1.807) is 16.2 Å². The average Bonchev–Trinajstić information content (AvgIpc) is 2.63. The number of nitrogen functional groups attached to an aromatic ring is 1. The van der Waals surface area contributed by atoms with E-state index < -0.39 is 0 Å². The lowest BCUT2D eigenvalue weighted by atomic mass is 10.4. The molecular weight excluding hydrogens is 290 g/mol. The third-order valence-corrected chi connectivity index (χ3v) is 3.69. The molecule has 0 fully saturated rings. The van der Waals surface area contributed by atoms with Crippen LogP contribution in [0.3, 0.4) is 0 Å². The number of halogens is 1. The Balaban J connectivity index is 2.54. The van der Waals surface area contributed by atoms with Gasteiger partial charge in [-0.2, -0.15) is 15.0 Å². The molecule has 0 unspecified atom stereocenters. The minimum atomic E-state index is 0.231. The van der Waals surface area contributed by atoms with Gasteiger partial charge in [-0.1, -0.05) is 0 Å². The molecule has 84 valence electrons. The largest absolute Gasteiger partial charge is 0.368 e. The molecule has 2 rings (SSSR count). The highest BCUT2D eigenvalue weighted by atomic mass is 79.9. The molecule has 2 N–H and O–H groups in total. The van der Waals surface area contributed by atoms with Gasteiger partial charge in [0.1, 0.15) is 0 Å². The molecule has 0 aliphatic rings. The van der Waals surface area contributed by atoms with E-state index in [1.807, 2.05) is 25.5 Å². The topological polar surface area (TPSA) is 67.9 Å². The quantitative estimate of drug-likeness (QED) is 0.919. The summed E-state index contributed by atoms with van der Waals surface area (Å²) in [5.41, 5.74) is 5.65. The van der Waals surface area contributed by atoms with Crippen LogP contribution < -0.4 is 10.6 Å². The Kier molecular flexibility index (Phi) is 3.06. The minimum Gasteiger partial charge on any atom is -0.368 e. The first-order valence-corrected chi connectivity index (χ1v) is 6.17. The summed E-state index contributed by atoms with van der Waals surface area (Å²) in [6, 6.07) is 1.95. The number of nitrogens with zero attached hydrogens (tertiary/aromatic N) is 4. The van der Waals surface area contributed by atoms with E-state index >= 15 is 0 Å². The van der Waals surface area contributed by atoms with Gasteiger partial charge in [0.15, 0.2) is 5.82 Å². The Labute approximate surface area is 105 Å². The highest BCUT2D eigenvalue weighted by Crippen LogP contribution is 2.31. The van der Waals surface area contributed by atoms with Crippen LogP contribution in [0.5, 0.6) is 0 Å². The molecule has 0 radical (unpaired) electrons. The van der Waals surface area contributed by atoms with Crippen LogP contribution >= 0.6 is 27.3 Å². The van der Waals surface area contributed by atoms with Crippen molar-refractivity contribution in [2.75, 3.05) is 24.7 Å². The zero-order valence-electron chi connectivity index (χ0n) is 8.81. The predicted molar refractivity (Wildman–Crippen MR) is 69.6 cm³/mol. The zero-order chi connectivity index (χ0) is 11.7. The first-order valence-electron chi connectivity index (χ1n) is 4.50. The SMILES string of the molecule is CN(C)c1nc(N)nc(-c2sccc2Br)n1.